The summed E-state index contributed by atoms with van der Waals surface area (Å²) in [6, 6.07) is 5.61. The summed E-state index contributed by atoms with van der Waals surface area (Å²) in [5.74, 6) is 1.17. The van der Waals surface area contributed by atoms with Gasteiger partial charge in [0.25, 0.3) is 5.91 Å². The van der Waals surface area contributed by atoms with Gasteiger partial charge in [-0.05, 0) is 18.2 Å². The molecule has 2 rings (SSSR count). The van der Waals surface area contributed by atoms with Gasteiger partial charge in [0.15, 0.2) is 11.5 Å². The molecule has 0 spiro atoms. The SMILES string of the molecule is COc1ccc(-c2nc(CC(=O)N(C)OC)cs2)cc1OC. The van der Waals surface area contributed by atoms with Gasteiger partial charge in [0.1, 0.15) is 5.01 Å². The molecule has 0 radical (unpaired) electrons. The number of thiazole rings is 1. The number of rotatable bonds is 6. The standard InChI is InChI=1S/C15H18N2O4S/c1-17(21-4)14(18)8-11-9-22-15(16-11)10-5-6-12(19-2)13(7-10)20-3/h5-7,9H,8H2,1-4H3. The van der Waals surface area contributed by atoms with Gasteiger partial charge in [-0.3, -0.25) is 9.63 Å². The third-order valence-corrected chi connectivity index (χ3v) is 4.08. The summed E-state index contributed by atoms with van der Waals surface area (Å²) in [7, 11) is 6.21. The Hall–Kier alpha value is -2.12. The van der Waals surface area contributed by atoms with E-state index >= 15 is 0 Å². The summed E-state index contributed by atoms with van der Waals surface area (Å²) < 4.78 is 10.5. The molecule has 0 aliphatic rings. The zero-order valence-corrected chi connectivity index (χ0v) is 13.8. The van der Waals surface area contributed by atoms with Crippen molar-refractivity contribution in [2.75, 3.05) is 28.4 Å². The number of methoxy groups -OCH3 is 2. The number of aromatic nitrogens is 1. The van der Waals surface area contributed by atoms with Crippen LogP contribution in [0.15, 0.2) is 23.6 Å². The molecular weight excluding hydrogens is 304 g/mol. The normalized spacial score (nSPS) is 10.4. The molecule has 6 nitrogen and oxygen atoms in total. The molecule has 0 fully saturated rings. The van der Waals surface area contributed by atoms with Crippen LogP contribution in [0, 0.1) is 0 Å². The van der Waals surface area contributed by atoms with Gasteiger partial charge in [0.2, 0.25) is 0 Å². The first-order valence-electron chi connectivity index (χ1n) is 6.56. The first-order chi connectivity index (χ1) is 10.6. The maximum Gasteiger partial charge on any atom is 0.251 e. The van der Waals surface area contributed by atoms with E-state index in [4.69, 9.17) is 14.3 Å². The lowest BCUT2D eigenvalue weighted by atomic mass is 10.2. The molecule has 0 N–H and O–H groups in total. The molecule has 0 saturated heterocycles. The number of likely N-dealkylation sites (N-methyl/N-ethyl adjacent to an activating group) is 1. The Morgan fingerprint density at radius 2 is 1.95 bits per heavy atom. The molecule has 22 heavy (non-hydrogen) atoms. The second-order valence-corrected chi connectivity index (χ2v) is 5.32. The predicted octanol–water partition coefficient (Wildman–Crippen LogP) is 2.39. The highest BCUT2D eigenvalue weighted by molar-refractivity contribution is 7.13. The lowest BCUT2D eigenvalue weighted by Crippen LogP contribution is -2.27. The Balaban J connectivity index is 2.19. The van der Waals surface area contributed by atoms with Crippen LogP contribution in [-0.2, 0) is 16.1 Å². The van der Waals surface area contributed by atoms with Crippen LogP contribution >= 0.6 is 11.3 Å². The minimum Gasteiger partial charge on any atom is -0.493 e. The zero-order chi connectivity index (χ0) is 16.1. The number of carbonyl (C=O) groups excluding carboxylic acids is 1. The van der Waals surface area contributed by atoms with E-state index in [1.807, 2.05) is 23.6 Å². The van der Waals surface area contributed by atoms with Gasteiger partial charge in [-0.15, -0.1) is 11.3 Å². The van der Waals surface area contributed by atoms with E-state index in [-0.39, 0.29) is 12.3 Å². The Morgan fingerprint density at radius 1 is 1.23 bits per heavy atom. The minimum atomic E-state index is -0.147. The van der Waals surface area contributed by atoms with Crippen LogP contribution in [0.3, 0.4) is 0 Å². The van der Waals surface area contributed by atoms with Crippen molar-refractivity contribution in [2.45, 2.75) is 6.42 Å². The quantitative estimate of drug-likeness (QED) is 0.764. The maximum atomic E-state index is 11.8. The first kappa shape index (κ1) is 16.3. The summed E-state index contributed by atoms with van der Waals surface area (Å²) >= 11 is 1.48. The van der Waals surface area contributed by atoms with E-state index in [9.17, 15) is 4.79 Å². The van der Waals surface area contributed by atoms with Crippen LogP contribution in [0.2, 0.25) is 0 Å². The van der Waals surface area contributed by atoms with Crippen molar-refractivity contribution in [3.05, 3.63) is 29.3 Å². The monoisotopic (exact) mass is 322 g/mol. The molecule has 1 aromatic heterocycles. The van der Waals surface area contributed by atoms with Crippen molar-refractivity contribution in [2.24, 2.45) is 0 Å². The van der Waals surface area contributed by atoms with Crippen molar-refractivity contribution in [3.8, 4) is 22.1 Å². The number of benzene rings is 1. The van der Waals surface area contributed by atoms with Crippen LogP contribution in [-0.4, -0.2) is 44.3 Å². The lowest BCUT2D eigenvalue weighted by molar-refractivity contribution is -0.167. The Kier molecular flexibility index (Phi) is 5.35. The molecule has 0 saturated carbocycles. The predicted molar refractivity (Wildman–Crippen MR) is 84.1 cm³/mol. The molecule has 7 heteroatoms. The van der Waals surface area contributed by atoms with Gasteiger partial charge in [0.05, 0.1) is 33.4 Å². The van der Waals surface area contributed by atoms with Crippen LogP contribution in [0.1, 0.15) is 5.69 Å². The van der Waals surface area contributed by atoms with Crippen molar-refractivity contribution in [1.29, 1.82) is 0 Å². The third kappa shape index (κ3) is 3.55. The molecule has 118 valence electrons. The topological polar surface area (TPSA) is 60.9 Å². The maximum absolute atomic E-state index is 11.8. The second-order valence-electron chi connectivity index (χ2n) is 4.46. The van der Waals surface area contributed by atoms with E-state index in [0.717, 1.165) is 10.6 Å². The van der Waals surface area contributed by atoms with Crippen LogP contribution in [0.25, 0.3) is 10.6 Å². The minimum absolute atomic E-state index is 0.147. The molecule has 0 bridgehead atoms. The Labute approximate surface area is 133 Å². The molecule has 0 atom stereocenters. The van der Waals surface area contributed by atoms with Gasteiger partial charge < -0.3 is 9.47 Å². The average molecular weight is 322 g/mol. The van der Waals surface area contributed by atoms with Crippen LogP contribution in [0.5, 0.6) is 11.5 Å². The molecule has 2 aromatic rings. The number of amides is 1. The van der Waals surface area contributed by atoms with Gasteiger partial charge in [0, 0.05) is 18.0 Å². The highest BCUT2D eigenvalue weighted by atomic mass is 32.1. The summed E-state index contributed by atoms with van der Waals surface area (Å²) in [5.41, 5.74) is 1.63. The van der Waals surface area contributed by atoms with E-state index in [2.05, 4.69) is 4.98 Å². The van der Waals surface area contributed by atoms with Gasteiger partial charge in [-0.1, -0.05) is 0 Å². The number of carbonyl (C=O) groups is 1. The summed E-state index contributed by atoms with van der Waals surface area (Å²) in [6.07, 6.45) is 0.203. The fourth-order valence-corrected chi connectivity index (χ4v) is 2.67. The molecule has 1 aromatic carbocycles. The number of hydrogen-bond acceptors (Lipinski definition) is 6. The van der Waals surface area contributed by atoms with Crippen molar-refractivity contribution < 1.29 is 19.1 Å². The van der Waals surface area contributed by atoms with Crippen molar-refractivity contribution >= 4 is 17.2 Å². The summed E-state index contributed by atoms with van der Waals surface area (Å²) in [4.78, 5) is 21.1. The Bertz CT molecular complexity index is 657. The van der Waals surface area contributed by atoms with Crippen molar-refractivity contribution in [3.63, 3.8) is 0 Å². The number of ether oxygens (including phenoxy) is 2. The average Bonchev–Trinajstić information content (AvgIpc) is 3.01. The third-order valence-electron chi connectivity index (χ3n) is 3.14. The number of nitrogens with zero attached hydrogens (tertiary/aromatic N) is 2. The zero-order valence-electron chi connectivity index (χ0n) is 13.0. The van der Waals surface area contributed by atoms with Crippen LogP contribution in [0.4, 0.5) is 0 Å². The fraction of sp³-hybridized carbons (Fsp3) is 0.333. The molecular formula is C15H18N2O4S. The number of hydroxylamine groups is 2. The summed E-state index contributed by atoms with van der Waals surface area (Å²) in [5, 5.41) is 3.88. The van der Waals surface area contributed by atoms with Crippen molar-refractivity contribution in [1.82, 2.24) is 10.0 Å². The molecule has 0 unspecified atom stereocenters. The smallest absolute Gasteiger partial charge is 0.251 e. The van der Waals surface area contributed by atoms with Gasteiger partial charge >= 0.3 is 0 Å². The highest BCUT2D eigenvalue weighted by Crippen LogP contribution is 2.33. The second kappa shape index (κ2) is 7.24. The van der Waals surface area contributed by atoms with Gasteiger partial charge in [-0.25, -0.2) is 10.0 Å². The Morgan fingerprint density at radius 3 is 2.59 bits per heavy atom. The molecule has 1 heterocycles. The molecule has 0 aliphatic heterocycles. The van der Waals surface area contributed by atoms with E-state index in [1.54, 1.807) is 21.3 Å². The van der Waals surface area contributed by atoms with E-state index in [0.29, 0.717) is 17.2 Å². The van der Waals surface area contributed by atoms with Gasteiger partial charge in [-0.2, -0.15) is 0 Å². The van der Waals surface area contributed by atoms with E-state index in [1.165, 1.54) is 23.5 Å². The largest absolute Gasteiger partial charge is 0.493 e. The number of hydrogen-bond donors (Lipinski definition) is 0. The lowest BCUT2D eigenvalue weighted by Gasteiger charge is -2.12. The first-order valence-corrected chi connectivity index (χ1v) is 7.44. The fourth-order valence-electron chi connectivity index (χ4n) is 1.86. The molecule has 1 amide bonds. The summed E-state index contributed by atoms with van der Waals surface area (Å²) in [6.45, 7) is 0. The van der Waals surface area contributed by atoms with Crippen LogP contribution < -0.4 is 9.47 Å². The highest BCUT2D eigenvalue weighted by Gasteiger charge is 2.13. The molecule has 0 aliphatic carbocycles. The van der Waals surface area contributed by atoms with E-state index < -0.39 is 0 Å².